The fourth-order valence-corrected chi connectivity index (χ4v) is 2.18. The number of benzene rings is 1. The first-order valence-electron chi connectivity index (χ1n) is 6.21. The number of halogens is 1. The van der Waals surface area contributed by atoms with Crippen molar-refractivity contribution in [2.45, 2.75) is 25.8 Å². The van der Waals surface area contributed by atoms with Gasteiger partial charge in [-0.25, -0.2) is 0 Å². The Hall–Kier alpha value is -1.32. The molecule has 0 saturated carbocycles. The lowest BCUT2D eigenvalue weighted by atomic mass is 10.1. The average molecular weight is 264 g/mol. The second-order valence-electron chi connectivity index (χ2n) is 4.50. The Kier molecular flexibility index (Phi) is 4.39. The highest BCUT2D eigenvalue weighted by Gasteiger charge is 2.06. The molecule has 0 radical (unpaired) electrons. The summed E-state index contributed by atoms with van der Waals surface area (Å²) in [6.07, 6.45) is 3.90. The predicted octanol–water partition coefficient (Wildman–Crippen LogP) is 3.43. The average Bonchev–Trinajstić information content (AvgIpc) is 2.36. The number of anilines is 1. The molecule has 0 aliphatic rings. The van der Waals surface area contributed by atoms with Crippen LogP contribution in [0.4, 0.5) is 5.69 Å². The van der Waals surface area contributed by atoms with E-state index < -0.39 is 0 Å². The Morgan fingerprint density at radius 3 is 3.00 bits per heavy atom. The predicted molar refractivity (Wildman–Crippen MR) is 78.1 cm³/mol. The summed E-state index contributed by atoms with van der Waals surface area (Å²) in [5, 5.41) is 5.31. The van der Waals surface area contributed by atoms with Crippen molar-refractivity contribution >= 4 is 28.2 Å². The van der Waals surface area contributed by atoms with E-state index in [1.54, 1.807) is 6.20 Å². The summed E-state index contributed by atoms with van der Waals surface area (Å²) in [6.45, 7) is 2.90. The fourth-order valence-electron chi connectivity index (χ4n) is 2.01. The molecule has 96 valence electrons. The van der Waals surface area contributed by atoms with E-state index in [1.165, 1.54) is 0 Å². The van der Waals surface area contributed by atoms with Crippen LogP contribution >= 0.6 is 11.6 Å². The highest BCUT2D eigenvalue weighted by Crippen LogP contribution is 2.25. The van der Waals surface area contributed by atoms with E-state index in [0.29, 0.717) is 11.1 Å². The second-order valence-corrected chi connectivity index (χ2v) is 4.93. The van der Waals surface area contributed by atoms with Crippen LogP contribution in [0.3, 0.4) is 0 Å². The van der Waals surface area contributed by atoms with Gasteiger partial charge in [0.15, 0.2) is 0 Å². The number of hydrogen-bond acceptors (Lipinski definition) is 3. The van der Waals surface area contributed by atoms with Crippen molar-refractivity contribution in [2.24, 2.45) is 5.73 Å². The topological polar surface area (TPSA) is 50.9 Å². The fraction of sp³-hybridized carbons (Fsp3) is 0.357. The van der Waals surface area contributed by atoms with E-state index in [1.807, 2.05) is 24.3 Å². The summed E-state index contributed by atoms with van der Waals surface area (Å²) < 4.78 is 0. The van der Waals surface area contributed by atoms with Gasteiger partial charge in [0.2, 0.25) is 0 Å². The van der Waals surface area contributed by atoms with Gasteiger partial charge in [0.25, 0.3) is 0 Å². The van der Waals surface area contributed by atoms with Crippen LogP contribution in [0.1, 0.15) is 19.8 Å². The molecular weight excluding hydrogens is 246 g/mol. The SMILES string of the molecule is C[C@@H](CCCN)Nc1ccnc2cc(Cl)ccc12. The van der Waals surface area contributed by atoms with Gasteiger partial charge in [-0.1, -0.05) is 11.6 Å². The van der Waals surface area contributed by atoms with Gasteiger partial charge in [0, 0.05) is 28.3 Å². The minimum atomic E-state index is 0.398. The maximum Gasteiger partial charge on any atom is 0.0737 e. The first-order chi connectivity index (χ1) is 8.70. The Bertz CT molecular complexity index is 527. The van der Waals surface area contributed by atoms with Crippen molar-refractivity contribution in [2.75, 3.05) is 11.9 Å². The number of aromatic nitrogens is 1. The standard InChI is InChI=1S/C14H18ClN3/c1-10(3-2-7-16)18-13-6-8-17-14-9-11(15)4-5-12(13)14/h4-6,8-10H,2-3,7,16H2,1H3,(H,17,18)/t10-/m0/s1. The Balaban J connectivity index is 2.22. The Morgan fingerprint density at radius 2 is 2.22 bits per heavy atom. The van der Waals surface area contributed by atoms with E-state index in [9.17, 15) is 0 Å². The van der Waals surface area contributed by atoms with Crippen molar-refractivity contribution in [3.05, 3.63) is 35.5 Å². The van der Waals surface area contributed by atoms with Crippen LogP contribution in [0.5, 0.6) is 0 Å². The quantitative estimate of drug-likeness (QED) is 0.869. The molecule has 3 N–H and O–H groups in total. The number of hydrogen-bond donors (Lipinski definition) is 2. The highest BCUT2D eigenvalue weighted by molar-refractivity contribution is 6.31. The third kappa shape index (κ3) is 3.12. The Morgan fingerprint density at radius 1 is 1.39 bits per heavy atom. The summed E-state index contributed by atoms with van der Waals surface area (Å²) in [7, 11) is 0. The number of nitrogens with zero attached hydrogens (tertiary/aromatic N) is 1. The van der Waals surface area contributed by atoms with Gasteiger partial charge in [-0.3, -0.25) is 4.98 Å². The zero-order valence-electron chi connectivity index (χ0n) is 10.5. The summed E-state index contributed by atoms with van der Waals surface area (Å²) in [4.78, 5) is 4.33. The second kappa shape index (κ2) is 6.03. The van der Waals surface area contributed by atoms with Gasteiger partial charge in [-0.15, -0.1) is 0 Å². The molecule has 1 atom stereocenters. The molecule has 2 rings (SSSR count). The number of nitrogens with two attached hydrogens (primary N) is 1. The third-order valence-electron chi connectivity index (χ3n) is 2.95. The molecule has 4 heteroatoms. The summed E-state index contributed by atoms with van der Waals surface area (Å²) >= 11 is 5.97. The largest absolute Gasteiger partial charge is 0.382 e. The molecule has 0 bridgehead atoms. The molecule has 0 fully saturated rings. The third-order valence-corrected chi connectivity index (χ3v) is 3.18. The zero-order valence-corrected chi connectivity index (χ0v) is 11.2. The van der Waals surface area contributed by atoms with Crippen molar-refractivity contribution in [3.63, 3.8) is 0 Å². The van der Waals surface area contributed by atoms with Gasteiger partial charge >= 0.3 is 0 Å². The first kappa shape index (κ1) is 13.1. The lowest BCUT2D eigenvalue weighted by Gasteiger charge is -2.16. The summed E-state index contributed by atoms with van der Waals surface area (Å²) in [5.41, 5.74) is 7.54. The molecule has 0 unspecified atom stereocenters. The molecule has 1 aromatic carbocycles. The molecule has 3 nitrogen and oxygen atoms in total. The van der Waals surface area contributed by atoms with E-state index in [0.717, 1.165) is 36.0 Å². The minimum absolute atomic E-state index is 0.398. The Labute approximate surface area is 112 Å². The van der Waals surface area contributed by atoms with E-state index in [-0.39, 0.29) is 0 Å². The van der Waals surface area contributed by atoms with Gasteiger partial charge in [-0.2, -0.15) is 0 Å². The van der Waals surface area contributed by atoms with Crippen LogP contribution in [0.25, 0.3) is 10.9 Å². The molecule has 0 aliphatic carbocycles. The highest BCUT2D eigenvalue weighted by atomic mass is 35.5. The molecule has 0 amide bonds. The zero-order chi connectivity index (χ0) is 13.0. The lowest BCUT2D eigenvalue weighted by Crippen LogP contribution is -2.16. The van der Waals surface area contributed by atoms with Crippen LogP contribution in [0.2, 0.25) is 5.02 Å². The van der Waals surface area contributed by atoms with Gasteiger partial charge in [0.1, 0.15) is 0 Å². The normalized spacial score (nSPS) is 12.6. The number of rotatable bonds is 5. The van der Waals surface area contributed by atoms with Crippen molar-refractivity contribution in [3.8, 4) is 0 Å². The van der Waals surface area contributed by atoms with Crippen LogP contribution in [0, 0.1) is 0 Å². The first-order valence-corrected chi connectivity index (χ1v) is 6.59. The smallest absolute Gasteiger partial charge is 0.0737 e. The van der Waals surface area contributed by atoms with Crippen LogP contribution < -0.4 is 11.1 Å². The molecule has 2 aromatic rings. The molecule has 1 aromatic heterocycles. The van der Waals surface area contributed by atoms with Crippen molar-refractivity contribution in [1.82, 2.24) is 4.98 Å². The van der Waals surface area contributed by atoms with Crippen LogP contribution in [0.15, 0.2) is 30.5 Å². The maximum atomic E-state index is 5.97. The molecule has 1 heterocycles. The van der Waals surface area contributed by atoms with Crippen LogP contribution in [-0.4, -0.2) is 17.6 Å². The summed E-state index contributed by atoms with van der Waals surface area (Å²) in [5.74, 6) is 0. The van der Waals surface area contributed by atoms with Gasteiger partial charge < -0.3 is 11.1 Å². The van der Waals surface area contributed by atoms with Crippen molar-refractivity contribution in [1.29, 1.82) is 0 Å². The molecule has 0 saturated heterocycles. The molecule has 0 spiro atoms. The van der Waals surface area contributed by atoms with E-state index >= 15 is 0 Å². The number of fused-ring (bicyclic) bond motifs is 1. The molecule has 18 heavy (non-hydrogen) atoms. The van der Waals surface area contributed by atoms with E-state index in [2.05, 4.69) is 17.2 Å². The minimum Gasteiger partial charge on any atom is -0.382 e. The number of pyridine rings is 1. The summed E-state index contributed by atoms with van der Waals surface area (Å²) in [6, 6.07) is 8.17. The maximum absolute atomic E-state index is 5.97. The molecule has 0 aliphatic heterocycles. The monoisotopic (exact) mass is 263 g/mol. The van der Waals surface area contributed by atoms with Crippen LogP contribution in [-0.2, 0) is 0 Å². The molecular formula is C14H18ClN3. The van der Waals surface area contributed by atoms with Crippen molar-refractivity contribution < 1.29 is 0 Å². The van der Waals surface area contributed by atoms with E-state index in [4.69, 9.17) is 17.3 Å². The lowest BCUT2D eigenvalue weighted by molar-refractivity contribution is 0.663. The van der Waals surface area contributed by atoms with Gasteiger partial charge in [0.05, 0.1) is 5.52 Å². The van der Waals surface area contributed by atoms with Gasteiger partial charge in [-0.05, 0) is 50.6 Å². The number of nitrogens with one attached hydrogen (secondary N) is 1.